The minimum absolute atomic E-state index is 0.0393. The number of nitrogens with two attached hydrogens (primary N) is 1. The van der Waals surface area contributed by atoms with Crippen LogP contribution in [0.4, 0.5) is 11.5 Å². The molecule has 1 aromatic carbocycles. The number of benzene rings is 1. The molecular weight excluding hydrogens is 256 g/mol. The average molecular weight is 267 g/mol. The van der Waals surface area contributed by atoms with Crippen molar-refractivity contribution in [3.05, 3.63) is 50.7 Å². The molecule has 0 unspecified atom stereocenters. The van der Waals surface area contributed by atoms with Gasteiger partial charge in [0.05, 0.1) is 11.5 Å². The highest BCUT2D eigenvalue weighted by Crippen LogP contribution is 2.26. The van der Waals surface area contributed by atoms with E-state index in [1.807, 2.05) is 18.2 Å². The third-order valence-corrected chi connectivity index (χ3v) is 2.96. The first-order valence-electron chi connectivity index (χ1n) is 5.21. The number of rotatable bonds is 3. The number of nitrogen functional groups attached to an aromatic ring is 1. The predicted octanol–water partition coefficient (Wildman–Crippen LogP) is 2.38. The summed E-state index contributed by atoms with van der Waals surface area (Å²) in [6.45, 7) is 1.86. The Labute approximate surface area is 108 Å². The van der Waals surface area contributed by atoms with Crippen LogP contribution in [0, 0.1) is 17.0 Å². The van der Waals surface area contributed by atoms with Crippen LogP contribution in [0.5, 0.6) is 0 Å². The van der Waals surface area contributed by atoms with Crippen LogP contribution in [-0.2, 0) is 6.54 Å². The molecule has 0 spiro atoms. The molecule has 7 heteroatoms. The number of aromatic nitrogens is 2. The first-order chi connectivity index (χ1) is 8.50. The molecule has 0 saturated heterocycles. The molecule has 6 nitrogen and oxygen atoms in total. The second kappa shape index (κ2) is 4.66. The number of hydrogen-bond acceptors (Lipinski definition) is 4. The van der Waals surface area contributed by atoms with Crippen molar-refractivity contribution in [1.29, 1.82) is 0 Å². The lowest BCUT2D eigenvalue weighted by Crippen LogP contribution is -2.07. The van der Waals surface area contributed by atoms with Crippen molar-refractivity contribution in [3.63, 3.8) is 0 Å². The molecule has 0 bridgehead atoms. The smallest absolute Gasteiger partial charge is 0.333 e. The maximum Gasteiger partial charge on any atom is 0.333 e. The van der Waals surface area contributed by atoms with Gasteiger partial charge in [0.2, 0.25) is 5.82 Å². The van der Waals surface area contributed by atoms with Gasteiger partial charge in [0, 0.05) is 5.02 Å². The van der Waals surface area contributed by atoms with Crippen LogP contribution in [0.25, 0.3) is 0 Å². The van der Waals surface area contributed by atoms with Crippen molar-refractivity contribution < 1.29 is 4.92 Å². The van der Waals surface area contributed by atoms with Gasteiger partial charge in [-0.15, -0.1) is 0 Å². The first-order valence-corrected chi connectivity index (χ1v) is 5.59. The number of aryl methyl sites for hydroxylation is 1. The quantitative estimate of drug-likeness (QED) is 0.682. The lowest BCUT2D eigenvalue weighted by Gasteiger charge is -2.05. The van der Waals surface area contributed by atoms with Crippen molar-refractivity contribution in [2.75, 3.05) is 5.73 Å². The summed E-state index contributed by atoms with van der Waals surface area (Å²) in [5.74, 6) is 0.0393. The minimum Gasteiger partial charge on any atom is -0.378 e. The Bertz CT molecular complexity index is 609. The monoisotopic (exact) mass is 266 g/mol. The fourth-order valence-corrected chi connectivity index (χ4v) is 1.92. The SMILES string of the molecule is Cc1nn(Cc2ccccc2Cl)c(N)c1[N+](=O)[O-]. The van der Waals surface area contributed by atoms with Crippen molar-refractivity contribution in [2.45, 2.75) is 13.5 Å². The Morgan fingerprint density at radius 2 is 2.17 bits per heavy atom. The van der Waals surface area contributed by atoms with E-state index in [9.17, 15) is 10.1 Å². The molecule has 1 aromatic heterocycles. The van der Waals surface area contributed by atoms with E-state index in [1.54, 1.807) is 13.0 Å². The van der Waals surface area contributed by atoms with Crippen molar-refractivity contribution in [1.82, 2.24) is 9.78 Å². The van der Waals surface area contributed by atoms with E-state index in [2.05, 4.69) is 5.10 Å². The largest absolute Gasteiger partial charge is 0.378 e. The number of nitro groups is 1. The van der Waals surface area contributed by atoms with Crippen LogP contribution in [0.1, 0.15) is 11.3 Å². The Morgan fingerprint density at radius 3 is 2.72 bits per heavy atom. The van der Waals surface area contributed by atoms with E-state index < -0.39 is 4.92 Å². The van der Waals surface area contributed by atoms with E-state index in [0.29, 0.717) is 17.3 Å². The van der Waals surface area contributed by atoms with Crippen LogP contribution in [-0.4, -0.2) is 14.7 Å². The van der Waals surface area contributed by atoms with Crippen LogP contribution in [0.2, 0.25) is 5.02 Å². The standard InChI is InChI=1S/C11H11ClN4O2/c1-7-10(16(17)18)11(13)15(14-7)6-8-4-2-3-5-9(8)12/h2-5H,6,13H2,1H3. The molecule has 0 aliphatic rings. The highest BCUT2D eigenvalue weighted by Gasteiger charge is 2.23. The van der Waals surface area contributed by atoms with Crippen molar-refractivity contribution in [3.8, 4) is 0 Å². The fraction of sp³-hybridized carbons (Fsp3) is 0.182. The molecule has 0 amide bonds. The average Bonchev–Trinajstić information content (AvgIpc) is 2.57. The van der Waals surface area contributed by atoms with Gasteiger partial charge in [-0.2, -0.15) is 5.10 Å². The van der Waals surface area contributed by atoms with Gasteiger partial charge in [0.1, 0.15) is 5.69 Å². The van der Waals surface area contributed by atoms with Gasteiger partial charge in [-0.25, -0.2) is 4.68 Å². The molecule has 94 valence electrons. The molecule has 0 aliphatic heterocycles. The van der Waals surface area contributed by atoms with E-state index in [0.717, 1.165) is 5.56 Å². The van der Waals surface area contributed by atoms with Gasteiger partial charge < -0.3 is 5.73 Å². The van der Waals surface area contributed by atoms with E-state index >= 15 is 0 Å². The summed E-state index contributed by atoms with van der Waals surface area (Å²) in [4.78, 5) is 10.3. The number of nitrogens with zero attached hydrogens (tertiary/aromatic N) is 3. The molecule has 0 atom stereocenters. The molecule has 18 heavy (non-hydrogen) atoms. The van der Waals surface area contributed by atoms with Gasteiger partial charge in [-0.1, -0.05) is 29.8 Å². The number of hydrogen-bond donors (Lipinski definition) is 1. The van der Waals surface area contributed by atoms with Crippen LogP contribution < -0.4 is 5.73 Å². The summed E-state index contributed by atoms with van der Waals surface area (Å²) in [6.07, 6.45) is 0. The van der Waals surface area contributed by atoms with E-state index in [1.165, 1.54) is 4.68 Å². The highest BCUT2D eigenvalue weighted by molar-refractivity contribution is 6.31. The Balaban J connectivity index is 2.39. The van der Waals surface area contributed by atoms with Crippen LogP contribution >= 0.6 is 11.6 Å². The first kappa shape index (κ1) is 12.4. The molecule has 0 fully saturated rings. The summed E-state index contributed by atoms with van der Waals surface area (Å²) >= 11 is 6.02. The zero-order valence-corrected chi connectivity index (χ0v) is 10.4. The molecule has 2 N–H and O–H groups in total. The van der Waals surface area contributed by atoms with Crippen LogP contribution in [0.3, 0.4) is 0 Å². The molecule has 0 radical (unpaired) electrons. The second-order valence-electron chi connectivity index (χ2n) is 3.83. The van der Waals surface area contributed by atoms with E-state index in [-0.39, 0.29) is 11.5 Å². The minimum atomic E-state index is -0.527. The zero-order valence-electron chi connectivity index (χ0n) is 9.63. The second-order valence-corrected chi connectivity index (χ2v) is 4.23. The fourth-order valence-electron chi connectivity index (χ4n) is 1.72. The lowest BCUT2D eigenvalue weighted by molar-refractivity contribution is -0.384. The molecular formula is C11H11ClN4O2. The number of anilines is 1. The predicted molar refractivity (Wildman–Crippen MR) is 68.6 cm³/mol. The Hall–Kier alpha value is -2.08. The number of halogens is 1. The zero-order chi connectivity index (χ0) is 13.3. The van der Waals surface area contributed by atoms with Crippen molar-refractivity contribution in [2.24, 2.45) is 0 Å². The van der Waals surface area contributed by atoms with Gasteiger partial charge in [-0.3, -0.25) is 10.1 Å². The highest BCUT2D eigenvalue weighted by atomic mass is 35.5. The van der Waals surface area contributed by atoms with Crippen LogP contribution in [0.15, 0.2) is 24.3 Å². The van der Waals surface area contributed by atoms with Gasteiger partial charge in [-0.05, 0) is 18.6 Å². The maximum absolute atomic E-state index is 10.8. The lowest BCUT2D eigenvalue weighted by atomic mass is 10.2. The van der Waals surface area contributed by atoms with Gasteiger partial charge in [0.25, 0.3) is 0 Å². The normalized spacial score (nSPS) is 10.6. The third kappa shape index (κ3) is 2.14. The van der Waals surface area contributed by atoms with Gasteiger partial charge in [0.15, 0.2) is 0 Å². The third-order valence-electron chi connectivity index (χ3n) is 2.59. The molecule has 0 aliphatic carbocycles. The topological polar surface area (TPSA) is 87.0 Å². The van der Waals surface area contributed by atoms with Gasteiger partial charge >= 0.3 is 5.69 Å². The molecule has 1 heterocycles. The molecule has 2 rings (SSSR count). The Kier molecular flexibility index (Phi) is 3.20. The van der Waals surface area contributed by atoms with E-state index in [4.69, 9.17) is 17.3 Å². The molecule has 0 saturated carbocycles. The van der Waals surface area contributed by atoms with Crippen molar-refractivity contribution >= 4 is 23.1 Å². The maximum atomic E-state index is 10.8. The molecule has 2 aromatic rings. The summed E-state index contributed by atoms with van der Waals surface area (Å²) in [6, 6.07) is 7.22. The summed E-state index contributed by atoms with van der Waals surface area (Å²) in [5.41, 5.74) is 6.67. The Morgan fingerprint density at radius 1 is 1.50 bits per heavy atom. The summed E-state index contributed by atoms with van der Waals surface area (Å²) in [7, 11) is 0. The summed E-state index contributed by atoms with van der Waals surface area (Å²) in [5, 5.41) is 15.5. The summed E-state index contributed by atoms with van der Waals surface area (Å²) < 4.78 is 1.38.